The number of thioether (sulfide) groups is 1. The molecule has 0 saturated carbocycles. The van der Waals surface area contributed by atoms with Gasteiger partial charge in [-0.15, -0.1) is 0 Å². The molecule has 2 heterocycles. The van der Waals surface area contributed by atoms with E-state index in [4.69, 9.17) is 0 Å². The molecule has 0 N–H and O–H groups in total. The molecule has 2 unspecified atom stereocenters. The average molecular weight is 342 g/mol. The van der Waals surface area contributed by atoms with E-state index in [2.05, 4.69) is 4.99 Å². The fourth-order valence-electron chi connectivity index (χ4n) is 2.65. The molecule has 1 aromatic carbocycles. The first kappa shape index (κ1) is 15.5. The van der Waals surface area contributed by atoms with Crippen LogP contribution in [0, 0.1) is 5.82 Å². The van der Waals surface area contributed by atoms with Gasteiger partial charge in [0.2, 0.25) is 5.91 Å². The zero-order chi connectivity index (χ0) is 15.9. The predicted octanol–water partition coefficient (Wildman–Crippen LogP) is 1.84. The lowest BCUT2D eigenvalue weighted by molar-refractivity contribution is -0.117. The number of hydrogen-bond donors (Lipinski definition) is 0. The lowest BCUT2D eigenvalue weighted by atomic mass is 10.2. The molecule has 2 saturated heterocycles. The maximum absolute atomic E-state index is 13.1. The number of aliphatic imine (C=N–C) groups is 1. The number of amides is 1. The Morgan fingerprint density at radius 2 is 2.05 bits per heavy atom. The smallest absolute Gasteiger partial charge is 0.247 e. The van der Waals surface area contributed by atoms with Gasteiger partial charge in [-0.25, -0.2) is 12.8 Å². The highest BCUT2D eigenvalue weighted by Crippen LogP contribution is 2.40. The van der Waals surface area contributed by atoms with Gasteiger partial charge >= 0.3 is 0 Å². The Kier molecular flexibility index (Phi) is 3.98. The molecule has 8 heteroatoms. The van der Waals surface area contributed by atoms with Crippen molar-refractivity contribution in [2.45, 2.75) is 24.6 Å². The monoisotopic (exact) mass is 342 g/mol. The van der Waals surface area contributed by atoms with Crippen molar-refractivity contribution >= 4 is 38.4 Å². The molecular weight excluding hydrogens is 327 g/mol. The summed E-state index contributed by atoms with van der Waals surface area (Å²) in [7, 11) is -3.09. The molecule has 0 bridgehead atoms. The van der Waals surface area contributed by atoms with E-state index in [0.717, 1.165) is 0 Å². The van der Waals surface area contributed by atoms with Gasteiger partial charge in [-0.2, -0.15) is 4.99 Å². The van der Waals surface area contributed by atoms with Crippen molar-refractivity contribution in [3.05, 3.63) is 30.1 Å². The second-order valence-corrected chi connectivity index (χ2v) is 8.65. The highest BCUT2D eigenvalue weighted by molar-refractivity contribution is 8.16. The fourth-order valence-corrected chi connectivity index (χ4v) is 6.59. The number of hydrogen-bond acceptors (Lipinski definition) is 4. The van der Waals surface area contributed by atoms with Crippen LogP contribution in [0.1, 0.15) is 13.3 Å². The number of anilines is 1. The first-order valence-electron chi connectivity index (χ1n) is 6.93. The van der Waals surface area contributed by atoms with Crippen molar-refractivity contribution in [2.24, 2.45) is 4.99 Å². The average Bonchev–Trinajstić information content (AvgIpc) is 2.91. The van der Waals surface area contributed by atoms with E-state index in [-0.39, 0.29) is 40.9 Å². The molecule has 2 aliphatic heterocycles. The predicted molar refractivity (Wildman–Crippen MR) is 85.4 cm³/mol. The van der Waals surface area contributed by atoms with Crippen LogP contribution in [0.5, 0.6) is 0 Å². The van der Waals surface area contributed by atoms with Gasteiger partial charge in [0.05, 0.1) is 17.5 Å². The van der Waals surface area contributed by atoms with Crippen molar-refractivity contribution in [3.63, 3.8) is 0 Å². The maximum Gasteiger partial charge on any atom is 0.247 e. The van der Waals surface area contributed by atoms with E-state index in [1.807, 2.05) is 0 Å². The molecule has 2 atom stereocenters. The molecular formula is C14H15FN2O3S2. The summed E-state index contributed by atoms with van der Waals surface area (Å²) in [5.74, 6) is -0.507. The highest BCUT2D eigenvalue weighted by atomic mass is 32.2. The van der Waals surface area contributed by atoms with Crippen molar-refractivity contribution in [1.29, 1.82) is 0 Å². The number of carbonyl (C=O) groups is 1. The van der Waals surface area contributed by atoms with Crippen LogP contribution in [0.15, 0.2) is 29.3 Å². The van der Waals surface area contributed by atoms with Crippen LogP contribution in [-0.2, 0) is 14.6 Å². The Balaban J connectivity index is 2.01. The van der Waals surface area contributed by atoms with E-state index >= 15 is 0 Å². The van der Waals surface area contributed by atoms with Gasteiger partial charge in [0.1, 0.15) is 5.82 Å². The highest BCUT2D eigenvalue weighted by Gasteiger charge is 2.49. The maximum atomic E-state index is 13.1. The third kappa shape index (κ3) is 2.89. The number of carbonyl (C=O) groups excluding carboxylic acids is 1. The molecule has 0 radical (unpaired) electrons. The zero-order valence-corrected chi connectivity index (χ0v) is 13.5. The van der Waals surface area contributed by atoms with E-state index in [0.29, 0.717) is 10.9 Å². The quantitative estimate of drug-likeness (QED) is 0.820. The summed E-state index contributed by atoms with van der Waals surface area (Å²) < 4.78 is 36.8. The second-order valence-electron chi connectivity index (χ2n) is 5.29. The lowest BCUT2D eigenvalue weighted by Gasteiger charge is -2.24. The number of benzene rings is 1. The fraction of sp³-hybridized carbons (Fsp3) is 0.429. The molecule has 1 aromatic rings. The second kappa shape index (κ2) is 5.66. The van der Waals surface area contributed by atoms with E-state index in [1.165, 1.54) is 23.9 Å². The minimum absolute atomic E-state index is 0.0291. The summed E-state index contributed by atoms with van der Waals surface area (Å²) >= 11 is 1.32. The Hall–Kier alpha value is -1.41. The van der Waals surface area contributed by atoms with Crippen LogP contribution in [0.4, 0.5) is 10.1 Å². The van der Waals surface area contributed by atoms with Gasteiger partial charge in [0.15, 0.2) is 15.0 Å². The van der Waals surface area contributed by atoms with Crippen LogP contribution >= 0.6 is 11.8 Å². The molecule has 22 heavy (non-hydrogen) atoms. The van der Waals surface area contributed by atoms with E-state index < -0.39 is 9.84 Å². The van der Waals surface area contributed by atoms with E-state index in [1.54, 1.807) is 24.0 Å². The summed E-state index contributed by atoms with van der Waals surface area (Å²) in [6.07, 6.45) is 0.287. The number of rotatable bonds is 2. The molecule has 2 fully saturated rings. The lowest BCUT2D eigenvalue weighted by Crippen LogP contribution is -2.37. The molecule has 1 amide bonds. The van der Waals surface area contributed by atoms with Gasteiger partial charge in [-0.3, -0.25) is 4.79 Å². The molecule has 118 valence electrons. The van der Waals surface area contributed by atoms with Crippen LogP contribution in [0.25, 0.3) is 0 Å². The third-order valence-electron chi connectivity index (χ3n) is 3.69. The van der Waals surface area contributed by atoms with Crippen molar-refractivity contribution in [3.8, 4) is 0 Å². The Bertz CT molecular complexity index is 731. The summed E-state index contributed by atoms with van der Waals surface area (Å²) in [6, 6.07) is 5.53. The van der Waals surface area contributed by atoms with Crippen LogP contribution in [0.2, 0.25) is 0 Å². The number of halogens is 1. The van der Waals surface area contributed by atoms with Gasteiger partial charge in [-0.05, 0) is 24.3 Å². The Labute approximate surface area is 132 Å². The number of sulfone groups is 1. The van der Waals surface area contributed by atoms with Gasteiger partial charge in [0, 0.05) is 17.4 Å². The largest absolute Gasteiger partial charge is 0.316 e. The summed E-state index contributed by atoms with van der Waals surface area (Å²) in [5.41, 5.74) is 0.654. The van der Waals surface area contributed by atoms with Crippen LogP contribution in [0.3, 0.4) is 0 Å². The SMILES string of the molecule is CCC(=O)N=C1SC2CS(=O)(=O)CC2N1c1ccc(F)cc1. The van der Waals surface area contributed by atoms with Crippen LogP contribution < -0.4 is 4.90 Å². The normalized spacial score (nSPS) is 28.1. The number of nitrogens with zero attached hydrogens (tertiary/aromatic N) is 2. The minimum Gasteiger partial charge on any atom is -0.316 e. The van der Waals surface area contributed by atoms with Gasteiger partial charge < -0.3 is 4.90 Å². The third-order valence-corrected chi connectivity index (χ3v) is 6.90. The topological polar surface area (TPSA) is 66.8 Å². The van der Waals surface area contributed by atoms with Crippen molar-refractivity contribution in [2.75, 3.05) is 16.4 Å². The summed E-state index contributed by atoms with van der Waals surface area (Å²) in [6.45, 7) is 1.72. The van der Waals surface area contributed by atoms with Crippen LogP contribution in [-0.4, -0.2) is 42.3 Å². The Morgan fingerprint density at radius 1 is 1.36 bits per heavy atom. The minimum atomic E-state index is -3.09. The standard InChI is InChI=1S/C14H15FN2O3S2/c1-2-13(18)16-14-17(10-5-3-9(15)4-6-10)11-7-22(19,20)8-12(11)21-14/h3-6,11-12H,2,7-8H2,1H3. The van der Waals surface area contributed by atoms with Gasteiger partial charge in [0.25, 0.3) is 0 Å². The first-order chi connectivity index (χ1) is 10.4. The van der Waals surface area contributed by atoms with Gasteiger partial charge in [-0.1, -0.05) is 18.7 Å². The molecule has 0 spiro atoms. The Morgan fingerprint density at radius 3 is 2.68 bits per heavy atom. The van der Waals surface area contributed by atoms with Crippen molar-refractivity contribution < 1.29 is 17.6 Å². The molecule has 3 rings (SSSR count). The van der Waals surface area contributed by atoms with E-state index in [9.17, 15) is 17.6 Å². The zero-order valence-electron chi connectivity index (χ0n) is 11.9. The molecule has 2 aliphatic rings. The summed E-state index contributed by atoms with van der Waals surface area (Å²) in [4.78, 5) is 17.5. The molecule has 0 aromatic heterocycles. The number of fused-ring (bicyclic) bond motifs is 1. The summed E-state index contributed by atoms with van der Waals surface area (Å²) in [5, 5.41) is 0.363. The van der Waals surface area contributed by atoms with Crippen molar-refractivity contribution in [1.82, 2.24) is 0 Å². The molecule has 0 aliphatic carbocycles. The molecule has 5 nitrogen and oxygen atoms in total. The first-order valence-corrected chi connectivity index (χ1v) is 9.63. The number of amidine groups is 1.